The van der Waals surface area contributed by atoms with E-state index in [1.807, 2.05) is 36.8 Å². The Morgan fingerprint density at radius 1 is 0.235 bits per heavy atom. The summed E-state index contributed by atoms with van der Waals surface area (Å²) >= 11 is 0. The molecule has 0 saturated heterocycles. The molecule has 0 aliphatic heterocycles. The number of hydrogen-bond acceptors (Lipinski definition) is 5. The molecule has 0 saturated carbocycles. The third-order valence-corrected chi connectivity index (χ3v) is 13.7. The molecule has 0 unspecified atom stereocenters. The number of benzene rings is 9. The molecule has 314 valence electrons. The number of fused-ring (bicyclic) bond motifs is 12. The first kappa shape index (κ1) is 38.1. The second-order valence-corrected chi connectivity index (χ2v) is 17.5. The van der Waals surface area contributed by atoms with E-state index in [-0.39, 0.29) is 0 Å². The lowest BCUT2D eigenvalue weighted by atomic mass is 9.85. The minimum absolute atomic E-state index is 0.857. The maximum Gasteiger partial charge on any atom is 0.0986 e. The number of pyridine rings is 5. The highest BCUT2D eigenvalue weighted by Gasteiger charge is 2.19. The van der Waals surface area contributed by atoms with Crippen molar-refractivity contribution in [2.45, 2.75) is 0 Å². The van der Waals surface area contributed by atoms with Crippen LogP contribution in [-0.4, -0.2) is 24.9 Å². The van der Waals surface area contributed by atoms with Crippen molar-refractivity contribution < 1.29 is 0 Å². The fraction of sp³-hybridized carbons (Fsp3) is 0. The van der Waals surface area contributed by atoms with E-state index in [0.29, 0.717) is 0 Å². The zero-order valence-electron chi connectivity index (χ0n) is 36.6. The minimum Gasteiger partial charge on any atom is -0.254 e. The van der Waals surface area contributed by atoms with Crippen LogP contribution in [0.25, 0.3) is 143 Å². The Labute approximate surface area is 390 Å². The van der Waals surface area contributed by atoms with Gasteiger partial charge in [0, 0.05) is 56.6 Å². The van der Waals surface area contributed by atoms with Gasteiger partial charge in [0.15, 0.2) is 0 Å². The van der Waals surface area contributed by atoms with Crippen LogP contribution in [0.1, 0.15) is 0 Å². The van der Waals surface area contributed by atoms with Crippen molar-refractivity contribution in [2.75, 3.05) is 0 Å². The van der Waals surface area contributed by atoms with Crippen LogP contribution < -0.4 is 0 Å². The standard InChI is InChI=1S/C63H37N5/c1-2-12-42-35-45(27-22-38(42)11-1)58-48-18-5-3-16-46(48)57(47-17-4-6-19-49(47)58)40-25-23-39(24-26-40)56-37-54(52-29-28-41-15-8-32-64-59(41)63(52)68-56)43-13-7-14-44(36-43)55-31-30-51-50-20-9-33-65-61(50)62-53(60(51)67-55)21-10-34-66-62/h1-37H. The van der Waals surface area contributed by atoms with E-state index in [2.05, 4.69) is 188 Å². The molecule has 0 bridgehead atoms. The third-order valence-electron chi connectivity index (χ3n) is 13.7. The summed E-state index contributed by atoms with van der Waals surface area (Å²) in [5.41, 5.74) is 15.2. The highest BCUT2D eigenvalue weighted by molar-refractivity contribution is 6.23. The smallest absolute Gasteiger partial charge is 0.0986 e. The molecule has 0 radical (unpaired) electrons. The Bertz CT molecular complexity index is 4300. The van der Waals surface area contributed by atoms with E-state index >= 15 is 0 Å². The van der Waals surface area contributed by atoms with E-state index in [1.54, 1.807) is 0 Å². The molecule has 14 aromatic rings. The maximum absolute atomic E-state index is 5.41. The predicted molar refractivity (Wildman–Crippen MR) is 283 cm³/mol. The van der Waals surface area contributed by atoms with Crippen LogP contribution in [-0.2, 0) is 0 Å². The molecule has 0 atom stereocenters. The molecule has 9 aromatic carbocycles. The average Bonchev–Trinajstić information content (AvgIpc) is 3.42. The van der Waals surface area contributed by atoms with Gasteiger partial charge in [-0.3, -0.25) is 15.0 Å². The quantitative estimate of drug-likeness (QED) is 0.127. The van der Waals surface area contributed by atoms with Gasteiger partial charge in [-0.25, -0.2) is 9.97 Å². The zero-order valence-corrected chi connectivity index (χ0v) is 36.6. The van der Waals surface area contributed by atoms with Gasteiger partial charge in [0.2, 0.25) is 0 Å². The first-order valence-corrected chi connectivity index (χ1v) is 23.0. The Morgan fingerprint density at radius 3 is 1.53 bits per heavy atom. The molecular weight excluding hydrogens is 827 g/mol. The van der Waals surface area contributed by atoms with Crippen molar-refractivity contribution in [1.82, 2.24) is 24.9 Å². The third kappa shape index (κ3) is 5.99. The molecular formula is C63H37N5. The molecule has 0 aliphatic rings. The van der Waals surface area contributed by atoms with Crippen LogP contribution in [0.2, 0.25) is 0 Å². The Hall–Kier alpha value is -9.19. The van der Waals surface area contributed by atoms with E-state index in [1.165, 1.54) is 49.0 Å². The van der Waals surface area contributed by atoms with E-state index in [0.717, 1.165) is 93.7 Å². The molecule has 5 heteroatoms. The summed E-state index contributed by atoms with van der Waals surface area (Å²) in [4.78, 5) is 25.1. The van der Waals surface area contributed by atoms with Crippen LogP contribution >= 0.6 is 0 Å². The second kappa shape index (κ2) is 15.2. The summed E-state index contributed by atoms with van der Waals surface area (Å²) < 4.78 is 0. The number of rotatable bonds is 5. The Kier molecular flexibility index (Phi) is 8.52. The molecule has 14 rings (SSSR count). The van der Waals surface area contributed by atoms with Gasteiger partial charge in [0.25, 0.3) is 0 Å². The van der Waals surface area contributed by atoms with Gasteiger partial charge >= 0.3 is 0 Å². The van der Waals surface area contributed by atoms with Crippen molar-refractivity contribution >= 4 is 86.8 Å². The highest BCUT2D eigenvalue weighted by atomic mass is 14.8. The fourth-order valence-electron chi connectivity index (χ4n) is 10.6. The van der Waals surface area contributed by atoms with Crippen LogP contribution in [0.15, 0.2) is 225 Å². The molecule has 0 N–H and O–H groups in total. The van der Waals surface area contributed by atoms with E-state index in [9.17, 15) is 0 Å². The summed E-state index contributed by atoms with van der Waals surface area (Å²) in [5, 5.41) is 12.6. The van der Waals surface area contributed by atoms with Crippen molar-refractivity contribution in [3.05, 3.63) is 225 Å². The van der Waals surface area contributed by atoms with Gasteiger partial charge in [-0.1, -0.05) is 152 Å². The average molecular weight is 864 g/mol. The van der Waals surface area contributed by atoms with Gasteiger partial charge < -0.3 is 0 Å². The molecule has 0 aliphatic carbocycles. The fourth-order valence-corrected chi connectivity index (χ4v) is 10.6. The summed E-state index contributed by atoms with van der Waals surface area (Å²) in [5.74, 6) is 0. The van der Waals surface area contributed by atoms with Crippen LogP contribution in [0.3, 0.4) is 0 Å². The number of aromatic nitrogens is 5. The minimum atomic E-state index is 0.857. The first-order valence-electron chi connectivity index (χ1n) is 23.0. The molecule has 0 spiro atoms. The van der Waals surface area contributed by atoms with Gasteiger partial charge in [-0.2, -0.15) is 0 Å². The normalized spacial score (nSPS) is 11.8. The van der Waals surface area contributed by atoms with Crippen molar-refractivity contribution in [1.29, 1.82) is 0 Å². The SMILES string of the molecule is c1cc(-c2ccc3c4cccnc4c4ncccc4c3n2)cc(-c2cc(-c3ccc(-c4c5ccccc5c(-c5ccc6ccccc6c5)c5ccccc45)cc3)nc3c2ccc2cccnc23)c1. The lowest BCUT2D eigenvalue weighted by molar-refractivity contribution is 1.36. The Balaban J connectivity index is 0.914. The molecule has 68 heavy (non-hydrogen) atoms. The lowest BCUT2D eigenvalue weighted by Crippen LogP contribution is -1.94. The monoisotopic (exact) mass is 863 g/mol. The molecule has 5 heterocycles. The van der Waals surface area contributed by atoms with Gasteiger partial charge in [-0.15, -0.1) is 0 Å². The van der Waals surface area contributed by atoms with Crippen LogP contribution in [0, 0.1) is 0 Å². The van der Waals surface area contributed by atoms with E-state index in [4.69, 9.17) is 24.9 Å². The van der Waals surface area contributed by atoms with Crippen LogP contribution in [0.5, 0.6) is 0 Å². The zero-order chi connectivity index (χ0) is 44.7. The van der Waals surface area contributed by atoms with Crippen molar-refractivity contribution in [3.63, 3.8) is 0 Å². The van der Waals surface area contributed by atoms with Gasteiger partial charge in [0.05, 0.1) is 39.0 Å². The molecule has 0 fully saturated rings. The molecule has 5 aromatic heterocycles. The van der Waals surface area contributed by atoms with Gasteiger partial charge in [-0.05, 0) is 120 Å². The lowest BCUT2D eigenvalue weighted by Gasteiger charge is -2.18. The predicted octanol–water partition coefficient (Wildman–Crippen LogP) is 16.2. The number of hydrogen-bond donors (Lipinski definition) is 0. The second-order valence-electron chi connectivity index (χ2n) is 17.5. The van der Waals surface area contributed by atoms with Gasteiger partial charge in [0.1, 0.15) is 0 Å². The Morgan fingerprint density at radius 2 is 0.765 bits per heavy atom. The van der Waals surface area contributed by atoms with E-state index < -0.39 is 0 Å². The first-order chi connectivity index (χ1) is 33.7. The largest absolute Gasteiger partial charge is 0.254 e. The maximum atomic E-state index is 5.41. The molecule has 5 nitrogen and oxygen atoms in total. The summed E-state index contributed by atoms with van der Waals surface area (Å²) in [7, 11) is 0. The van der Waals surface area contributed by atoms with Crippen molar-refractivity contribution in [2.24, 2.45) is 0 Å². The summed E-state index contributed by atoms with van der Waals surface area (Å²) in [6.45, 7) is 0. The highest BCUT2D eigenvalue weighted by Crippen LogP contribution is 2.45. The molecule has 0 amide bonds. The van der Waals surface area contributed by atoms with Crippen molar-refractivity contribution in [3.8, 4) is 55.9 Å². The summed E-state index contributed by atoms with van der Waals surface area (Å²) in [6, 6.07) is 73.9. The number of nitrogens with zero attached hydrogens (tertiary/aromatic N) is 5. The topological polar surface area (TPSA) is 64.5 Å². The summed E-state index contributed by atoms with van der Waals surface area (Å²) in [6.07, 6.45) is 5.51. The van der Waals surface area contributed by atoms with Crippen LogP contribution in [0.4, 0.5) is 0 Å².